The number of hydrogen-bond acceptors (Lipinski definition) is 3. The molecule has 0 radical (unpaired) electrons. The molecule has 1 aliphatic rings. The summed E-state index contributed by atoms with van der Waals surface area (Å²) in [6.07, 6.45) is 1.91. The maximum atomic E-state index is 8.85. The van der Waals surface area contributed by atoms with Gasteiger partial charge in [0.2, 0.25) is 0 Å². The van der Waals surface area contributed by atoms with E-state index in [1.807, 2.05) is 6.92 Å². The second-order valence-corrected chi connectivity index (χ2v) is 3.66. The Morgan fingerprint density at radius 1 is 1.67 bits per heavy atom. The van der Waals surface area contributed by atoms with Crippen molar-refractivity contribution in [1.82, 2.24) is 0 Å². The third-order valence-electron chi connectivity index (χ3n) is 2.71. The number of rotatable bonds is 4. The van der Waals surface area contributed by atoms with E-state index >= 15 is 0 Å². The molecule has 72 valence electrons. The van der Waals surface area contributed by atoms with Gasteiger partial charge in [0, 0.05) is 25.9 Å². The van der Waals surface area contributed by atoms with Gasteiger partial charge in [-0.3, -0.25) is 0 Å². The molecule has 0 amide bonds. The van der Waals surface area contributed by atoms with Gasteiger partial charge in [-0.05, 0) is 31.6 Å². The molecule has 1 saturated heterocycles. The van der Waals surface area contributed by atoms with Crippen LogP contribution in [-0.2, 0) is 4.74 Å². The Kier molecular flexibility index (Phi) is 3.98. The van der Waals surface area contributed by atoms with Crippen LogP contribution < -0.4 is 5.73 Å². The van der Waals surface area contributed by atoms with Crippen LogP contribution in [0.2, 0.25) is 0 Å². The molecule has 0 aromatic heterocycles. The van der Waals surface area contributed by atoms with Crippen LogP contribution in [0.25, 0.3) is 0 Å². The van der Waals surface area contributed by atoms with Crippen molar-refractivity contribution in [2.24, 2.45) is 17.6 Å². The first kappa shape index (κ1) is 9.96. The van der Waals surface area contributed by atoms with Crippen molar-refractivity contribution in [3.05, 3.63) is 0 Å². The normalized spacial score (nSPS) is 28.8. The van der Waals surface area contributed by atoms with E-state index in [2.05, 4.69) is 0 Å². The molecule has 3 heteroatoms. The largest absolute Gasteiger partial charge is 0.396 e. The first-order valence-electron chi connectivity index (χ1n) is 4.70. The van der Waals surface area contributed by atoms with Crippen molar-refractivity contribution >= 4 is 0 Å². The van der Waals surface area contributed by atoms with Crippen molar-refractivity contribution in [3.63, 3.8) is 0 Å². The zero-order valence-corrected chi connectivity index (χ0v) is 7.70. The van der Waals surface area contributed by atoms with Crippen LogP contribution in [0, 0.1) is 11.8 Å². The van der Waals surface area contributed by atoms with Gasteiger partial charge >= 0.3 is 0 Å². The quantitative estimate of drug-likeness (QED) is 0.645. The Balaban J connectivity index is 2.40. The highest BCUT2D eigenvalue weighted by Gasteiger charge is 2.27. The van der Waals surface area contributed by atoms with Gasteiger partial charge in [-0.15, -0.1) is 0 Å². The monoisotopic (exact) mass is 173 g/mol. The number of aliphatic hydroxyl groups excluding tert-OH is 1. The molecule has 0 bridgehead atoms. The van der Waals surface area contributed by atoms with Gasteiger partial charge in [0.1, 0.15) is 0 Å². The van der Waals surface area contributed by atoms with Crippen LogP contribution in [0.3, 0.4) is 0 Å². The summed E-state index contributed by atoms with van der Waals surface area (Å²) in [5.41, 5.74) is 5.84. The summed E-state index contributed by atoms with van der Waals surface area (Å²) >= 11 is 0. The topological polar surface area (TPSA) is 55.5 Å². The van der Waals surface area contributed by atoms with Crippen LogP contribution in [0.15, 0.2) is 0 Å². The molecular formula is C9H19NO2. The number of ether oxygens (including phenoxy) is 1. The highest BCUT2D eigenvalue weighted by Crippen LogP contribution is 2.26. The molecule has 0 spiro atoms. The van der Waals surface area contributed by atoms with Crippen LogP contribution in [0.5, 0.6) is 0 Å². The summed E-state index contributed by atoms with van der Waals surface area (Å²) < 4.78 is 5.30. The lowest BCUT2D eigenvalue weighted by Crippen LogP contribution is -2.33. The molecule has 0 aliphatic carbocycles. The average molecular weight is 173 g/mol. The van der Waals surface area contributed by atoms with Crippen molar-refractivity contribution < 1.29 is 9.84 Å². The molecular weight excluding hydrogens is 154 g/mol. The lowest BCUT2D eigenvalue weighted by Gasteiger charge is -2.24. The van der Waals surface area contributed by atoms with Crippen LogP contribution in [0.4, 0.5) is 0 Å². The van der Waals surface area contributed by atoms with Gasteiger partial charge in [-0.25, -0.2) is 0 Å². The second-order valence-electron chi connectivity index (χ2n) is 3.66. The van der Waals surface area contributed by atoms with Gasteiger partial charge in [0.25, 0.3) is 0 Å². The Labute approximate surface area is 73.9 Å². The zero-order valence-electron chi connectivity index (χ0n) is 7.70. The van der Waals surface area contributed by atoms with Crippen molar-refractivity contribution in [2.75, 3.05) is 19.8 Å². The summed E-state index contributed by atoms with van der Waals surface area (Å²) in [5.74, 6) is 0.995. The highest BCUT2D eigenvalue weighted by molar-refractivity contribution is 4.79. The predicted molar refractivity (Wildman–Crippen MR) is 47.8 cm³/mol. The van der Waals surface area contributed by atoms with Crippen molar-refractivity contribution in [2.45, 2.75) is 25.8 Å². The predicted octanol–water partition coefficient (Wildman–Crippen LogP) is 0.369. The van der Waals surface area contributed by atoms with Crippen molar-refractivity contribution in [1.29, 1.82) is 0 Å². The maximum Gasteiger partial charge on any atom is 0.0498 e. The minimum absolute atomic E-state index is 0.170. The minimum atomic E-state index is 0.170. The molecule has 1 aliphatic heterocycles. The van der Waals surface area contributed by atoms with Gasteiger partial charge in [0.05, 0.1) is 0 Å². The van der Waals surface area contributed by atoms with Crippen LogP contribution in [-0.4, -0.2) is 31.0 Å². The van der Waals surface area contributed by atoms with E-state index in [4.69, 9.17) is 15.6 Å². The van der Waals surface area contributed by atoms with Gasteiger partial charge in [-0.2, -0.15) is 0 Å². The van der Waals surface area contributed by atoms with E-state index < -0.39 is 0 Å². The SMILES string of the molecule is CC(N)C(CCO)C1CCOC1. The van der Waals surface area contributed by atoms with E-state index in [0.717, 1.165) is 26.1 Å². The fourth-order valence-electron chi connectivity index (χ4n) is 1.97. The summed E-state index contributed by atoms with van der Waals surface area (Å²) in [7, 11) is 0. The molecule has 1 fully saturated rings. The van der Waals surface area contributed by atoms with Gasteiger partial charge in [0.15, 0.2) is 0 Å². The molecule has 0 aromatic carbocycles. The molecule has 3 nitrogen and oxygen atoms in total. The van der Waals surface area contributed by atoms with Crippen LogP contribution in [0.1, 0.15) is 19.8 Å². The smallest absolute Gasteiger partial charge is 0.0498 e. The maximum absolute atomic E-state index is 8.85. The summed E-state index contributed by atoms with van der Waals surface area (Å²) in [5, 5.41) is 8.85. The molecule has 3 N–H and O–H groups in total. The lowest BCUT2D eigenvalue weighted by atomic mass is 9.84. The van der Waals surface area contributed by atoms with E-state index in [0.29, 0.717) is 11.8 Å². The third kappa shape index (κ3) is 2.44. The van der Waals surface area contributed by atoms with E-state index in [1.165, 1.54) is 0 Å². The van der Waals surface area contributed by atoms with Crippen molar-refractivity contribution in [3.8, 4) is 0 Å². The first-order chi connectivity index (χ1) is 5.75. The first-order valence-corrected chi connectivity index (χ1v) is 4.70. The zero-order chi connectivity index (χ0) is 8.97. The number of aliphatic hydroxyl groups is 1. The Morgan fingerprint density at radius 2 is 2.42 bits per heavy atom. The fourth-order valence-corrected chi connectivity index (χ4v) is 1.97. The number of nitrogens with two attached hydrogens (primary N) is 1. The van der Waals surface area contributed by atoms with Gasteiger partial charge in [-0.1, -0.05) is 0 Å². The Bertz CT molecular complexity index is 122. The number of hydrogen-bond donors (Lipinski definition) is 2. The highest BCUT2D eigenvalue weighted by atomic mass is 16.5. The van der Waals surface area contributed by atoms with Gasteiger partial charge < -0.3 is 15.6 Å². The Morgan fingerprint density at radius 3 is 2.83 bits per heavy atom. The summed E-state index contributed by atoms with van der Waals surface area (Å²) in [6.45, 7) is 3.94. The molecule has 3 unspecified atom stereocenters. The van der Waals surface area contributed by atoms with E-state index in [1.54, 1.807) is 0 Å². The standard InChI is InChI=1S/C9H19NO2/c1-7(10)9(2-4-11)8-3-5-12-6-8/h7-9,11H,2-6,10H2,1H3. The molecule has 0 saturated carbocycles. The minimum Gasteiger partial charge on any atom is -0.396 e. The summed E-state index contributed by atoms with van der Waals surface area (Å²) in [6, 6.07) is 0.170. The Hall–Kier alpha value is -0.120. The summed E-state index contributed by atoms with van der Waals surface area (Å²) in [4.78, 5) is 0. The van der Waals surface area contributed by atoms with Crippen LogP contribution >= 0.6 is 0 Å². The van der Waals surface area contributed by atoms with E-state index in [9.17, 15) is 0 Å². The fraction of sp³-hybridized carbons (Fsp3) is 1.00. The molecule has 12 heavy (non-hydrogen) atoms. The third-order valence-corrected chi connectivity index (χ3v) is 2.71. The lowest BCUT2D eigenvalue weighted by molar-refractivity contribution is 0.151. The average Bonchev–Trinajstić information content (AvgIpc) is 2.51. The molecule has 0 aromatic rings. The molecule has 1 heterocycles. The van der Waals surface area contributed by atoms with E-state index in [-0.39, 0.29) is 12.6 Å². The molecule has 3 atom stereocenters. The molecule has 1 rings (SSSR count). The second kappa shape index (κ2) is 4.80.